The highest BCUT2D eigenvalue weighted by Gasteiger charge is 2.52. The third-order valence-corrected chi connectivity index (χ3v) is 7.21. The average Bonchev–Trinajstić information content (AvgIpc) is 3.63. The lowest BCUT2D eigenvalue weighted by atomic mass is 10.1. The molecule has 1 saturated heterocycles. The van der Waals surface area contributed by atoms with Crippen LogP contribution in [-0.2, 0) is 18.9 Å². The van der Waals surface area contributed by atoms with Crippen molar-refractivity contribution in [3.8, 4) is 6.07 Å². The molecule has 5 aromatic rings. The molecule has 0 unspecified atom stereocenters. The molecule has 0 spiro atoms. The lowest BCUT2D eigenvalue weighted by Crippen LogP contribution is -2.41. The molecule has 1 fully saturated rings. The van der Waals surface area contributed by atoms with E-state index in [0.717, 1.165) is 0 Å². The molecule has 1 aliphatic heterocycles. The molecule has 2 N–H and O–H groups in total. The molecule has 0 radical (unpaired) electrons. The van der Waals surface area contributed by atoms with Crippen LogP contribution in [0.2, 0.25) is 0 Å². The predicted octanol–water partition coefficient (Wildman–Crippen LogP) is 4.09. The Morgan fingerprint density at radius 2 is 1.33 bits per heavy atom. The van der Waals surface area contributed by atoms with Gasteiger partial charge < -0.3 is 29.2 Å². The van der Waals surface area contributed by atoms with Crippen LogP contribution in [0.3, 0.4) is 0 Å². The standard InChI is InChI=1S/C33H25N5O7/c34-16-23-17-38(29-25(23)28(35)36-19-37-29)30-27(45-33(41)22-14-8-3-9-15-22)26(44-32(40)21-12-6-2-7-13-21)24(43-30)18-42-31(39)20-10-4-1-5-11-20/h1-15,17,19,24,26-27,30H,18H2,(H2,35,36,37)/t24-,26-,27-,30-/m1/s1. The van der Waals surface area contributed by atoms with Gasteiger partial charge in [0.2, 0.25) is 0 Å². The number of hydrogen-bond acceptors (Lipinski definition) is 11. The molecular formula is C33H25N5O7. The maximum Gasteiger partial charge on any atom is 0.338 e. The molecule has 6 rings (SSSR count). The number of fused-ring (bicyclic) bond motifs is 1. The largest absolute Gasteiger partial charge is 0.459 e. The van der Waals surface area contributed by atoms with Crippen LogP contribution in [0.1, 0.15) is 42.9 Å². The molecular weight excluding hydrogens is 578 g/mol. The summed E-state index contributed by atoms with van der Waals surface area (Å²) in [5, 5.41) is 10.1. The normalized spacial score (nSPS) is 19.0. The first-order valence-corrected chi connectivity index (χ1v) is 13.9. The molecule has 0 saturated carbocycles. The van der Waals surface area contributed by atoms with Crippen molar-refractivity contribution in [3.63, 3.8) is 0 Å². The fourth-order valence-corrected chi connectivity index (χ4v) is 5.07. The maximum absolute atomic E-state index is 13.4. The Bertz CT molecular complexity index is 1890. The fourth-order valence-electron chi connectivity index (χ4n) is 5.07. The van der Waals surface area contributed by atoms with Crippen molar-refractivity contribution in [2.24, 2.45) is 0 Å². The number of nitrogens with zero attached hydrogens (tertiary/aromatic N) is 4. The van der Waals surface area contributed by atoms with Gasteiger partial charge in [-0.1, -0.05) is 54.6 Å². The van der Waals surface area contributed by atoms with Crippen molar-refractivity contribution >= 4 is 34.8 Å². The Morgan fingerprint density at radius 1 is 0.800 bits per heavy atom. The summed E-state index contributed by atoms with van der Waals surface area (Å²) >= 11 is 0. The minimum atomic E-state index is -1.29. The predicted molar refractivity (Wildman–Crippen MR) is 159 cm³/mol. The quantitative estimate of drug-likeness (QED) is 0.200. The molecule has 3 aromatic carbocycles. The van der Waals surface area contributed by atoms with Gasteiger partial charge in [-0.3, -0.25) is 0 Å². The van der Waals surface area contributed by atoms with E-state index in [9.17, 15) is 19.6 Å². The van der Waals surface area contributed by atoms with E-state index in [2.05, 4.69) is 16.0 Å². The average molecular weight is 604 g/mol. The Balaban J connectivity index is 1.41. The number of carbonyl (C=O) groups excluding carboxylic acids is 3. The SMILES string of the molecule is N#Cc1cn([C@@H]2O[C@H](COC(=O)c3ccccc3)[C@@H](OC(=O)c3ccccc3)[C@H]2OC(=O)c2ccccc2)c2ncnc(N)c12. The number of ether oxygens (including phenoxy) is 4. The second kappa shape index (κ2) is 12.7. The summed E-state index contributed by atoms with van der Waals surface area (Å²) in [6.07, 6.45) is -2.18. The van der Waals surface area contributed by atoms with E-state index in [1.54, 1.807) is 91.0 Å². The van der Waals surface area contributed by atoms with Crippen molar-refractivity contribution in [2.75, 3.05) is 12.3 Å². The van der Waals surface area contributed by atoms with Crippen LogP contribution >= 0.6 is 0 Å². The zero-order chi connectivity index (χ0) is 31.3. The number of benzene rings is 3. The van der Waals surface area contributed by atoms with Gasteiger partial charge in [-0.2, -0.15) is 5.26 Å². The van der Waals surface area contributed by atoms with Gasteiger partial charge in [-0.05, 0) is 36.4 Å². The summed E-state index contributed by atoms with van der Waals surface area (Å²) < 4.78 is 25.4. The first kappa shape index (κ1) is 29.0. The number of anilines is 1. The summed E-state index contributed by atoms with van der Waals surface area (Å²) in [4.78, 5) is 47.9. The van der Waals surface area contributed by atoms with Crippen molar-refractivity contribution < 1.29 is 33.3 Å². The number of aromatic nitrogens is 3. The number of carbonyl (C=O) groups is 3. The van der Waals surface area contributed by atoms with Crippen LogP contribution in [0.4, 0.5) is 5.82 Å². The van der Waals surface area contributed by atoms with Gasteiger partial charge in [-0.25, -0.2) is 24.4 Å². The van der Waals surface area contributed by atoms with Crippen LogP contribution < -0.4 is 5.73 Å². The molecule has 224 valence electrons. The Kier molecular flexibility index (Phi) is 8.17. The smallest absolute Gasteiger partial charge is 0.338 e. The molecule has 2 aromatic heterocycles. The van der Waals surface area contributed by atoms with Crippen molar-refractivity contribution in [1.82, 2.24) is 14.5 Å². The maximum atomic E-state index is 13.4. The zero-order valence-corrected chi connectivity index (χ0v) is 23.6. The van der Waals surface area contributed by atoms with E-state index in [4.69, 9.17) is 24.7 Å². The van der Waals surface area contributed by atoms with Crippen LogP contribution in [0.15, 0.2) is 104 Å². The molecule has 0 amide bonds. The second-order valence-corrected chi connectivity index (χ2v) is 10.0. The zero-order valence-electron chi connectivity index (χ0n) is 23.6. The number of rotatable bonds is 8. The van der Waals surface area contributed by atoms with E-state index in [-0.39, 0.29) is 40.1 Å². The Labute approximate surface area is 256 Å². The fraction of sp³-hybridized carbons (Fsp3) is 0.152. The highest BCUT2D eigenvalue weighted by Crippen LogP contribution is 2.38. The van der Waals surface area contributed by atoms with E-state index < -0.39 is 42.4 Å². The molecule has 45 heavy (non-hydrogen) atoms. The molecule has 1 aliphatic rings. The Morgan fingerprint density at radius 3 is 1.89 bits per heavy atom. The third-order valence-electron chi connectivity index (χ3n) is 7.21. The van der Waals surface area contributed by atoms with Gasteiger partial charge in [0.25, 0.3) is 0 Å². The number of nitrogens with two attached hydrogens (primary N) is 1. The third kappa shape index (κ3) is 5.93. The van der Waals surface area contributed by atoms with Crippen molar-refractivity contribution in [2.45, 2.75) is 24.5 Å². The van der Waals surface area contributed by atoms with E-state index in [0.29, 0.717) is 5.56 Å². The van der Waals surface area contributed by atoms with Gasteiger partial charge in [0.05, 0.1) is 27.6 Å². The first-order valence-electron chi connectivity index (χ1n) is 13.9. The minimum Gasteiger partial charge on any atom is -0.459 e. The monoisotopic (exact) mass is 603 g/mol. The number of nitriles is 1. The van der Waals surface area contributed by atoms with Gasteiger partial charge in [0.1, 0.15) is 36.6 Å². The van der Waals surface area contributed by atoms with Crippen LogP contribution in [0.5, 0.6) is 0 Å². The van der Waals surface area contributed by atoms with E-state index >= 15 is 0 Å². The van der Waals surface area contributed by atoms with Crippen molar-refractivity contribution in [3.05, 3.63) is 126 Å². The molecule has 4 atom stereocenters. The lowest BCUT2D eigenvalue weighted by molar-refractivity contribution is -0.0604. The minimum absolute atomic E-state index is 0.0616. The molecule has 12 heteroatoms. The molecule has 12 nitrogen and oxygen atoms in total. The van der Waals surface area contributed by atoms with Gasteiger partial charge in [0.15, 0.2) is 18.4 Å². The van der Waals surface area contributed by atoms with Gasteiger partial charge in [0, 0.05) is 6.20 Å². The number of esters is 3. The van der Waals surface area contributed by atoms with E-state index in [1.165, 1.54) is 17.1 Å². The molecule has 0 aliphatic carbocycles. The van der Waals surface area contributed by atoms with Crippen molar-refractivity contribution in [1.29, 1.82) is 5.26 Å². The summed E-state index contributed by atoms with van der Waals surface area (Å²) in [6, 6.07) is 26.9. The molecule has 3 heterocycles. The topological polar surface area (TPSA) is 169 Å². The van der Waals surface area contributed by atoms with Gasteiger partial charge in [-0.15, -0.1) is 0 Å². The lowest BCUT2D eigenvalue weighted by Gasteiger charge is -2.25. The summed E-state index contributed by atoms with van der Waals surface area (Å²) in [7, 11) is 0. The highest BCUT2D eigenvalue weighted by atomic mass is 16.7. The molecule has 0 bridgehead atoms. The van der Waals surface area contributed by atoms with Crippen LogP contribution in [-0.4, -0.2) is 57.4 Å². The Hall–Kier alpha value is -6.06. The summed E-state index contributed by atoms with van der Waals surface area (Å²) in [6.45, 7) is -0.363. The van der Waals surface area contributed by atoms with E-state index in [1.807, 2.05) is 0 Å². The number of hydrogen-bond donors (Lipinski definition) is 1. The number of nitrogen functional groups attached to an aromatic ring is 1. The van der Waals surface area contributed by atoms with Crippen LogP contribution in [0, 0.1) is 11.3 Å². The first-order chi connectivity index (χ1) is 21.9. The summed E-state index contributed by atoms with van der Waals surface area (Å²) in [5.74, 6) is -2.01. The summed E-state index contributed by atoms with van der Waals surface area (Å²) in [5.41, 5.74) is 7.25. The van der Waals surface area contributed by atoms with Crippen LogP contribution in [0.25, 0.3) is 11.0 Å². The van der Waals surface area contributed by atoms with Gasteiger partial charge >= 0.3 is 17.9 Å². The second-order valence-electron chi connectivity index (χ2n) is 10.0. The highest BCUT2D eigenvalue weighted by molar-refractivity contribution is 5.93.